The third kappa shape index (κ3) is 5.88. The molecular formula is C16H27N. The van der Waals surface area contributed by atoms with Crippen LogP contribution in [0.1, 0.15) is 50.3 Å². The average molecular weight is 233 g/mol. The highest BCUT2D eigenvalue weighted by molar-refractivity contribution is 5.29. The van der Waals surface area contributed by atoms with Crippen LogP contribution in [-0.4, -0.2) is 6.04 Å². The lowest BCUT2D eigenvalue weighted by Crippen LogP contribution is -2.24. The van der Waals surface area contributed by atoms with Crippen LogP contribution in [-0.2, 0) is 6.42 Å². The van der Waals surface area contributed by atoms with Crippen LogP contribution in [0.5, 0.6) is 0 Å². The molecule has 0 spiro atoms. The topological polar surface area (TPSA) is 26.0 Å². The lowest BCUT2D eigenvalue weighted by Gasteiger charge is -2.21. The molecule has 0 aliphatic heterocycles. The van der Waals surface area contributed by atoms with Crippen molar-refractivity contribution in [2.24, 2.45) is 11.1 Å². The van der Waals surface area contributed by atoms with Crippen LogP contribution in [0.4, 0.5) is 0 Å². The quantitative estimate of drug-likeness (QED) is 0.835. The standard InChI is InChI=1S/C16H27N/c1-12-8-13(2)10-14(9-12)11-15(17)6-7-16(3,4)5/h8-10,15H,6-7,11,17H2,1-5H3. The molecular weight excluding hydrogens is 206 g/mol. The maximum Gasteiger partial charge on any atom is 0.00795 e. The molecule has 1 rings (SSSR count). The zero-order valence-corrected chi connectivity index (χ0v) is 12.0. The van der Waals surface area contributed by atoms with Gasteiger partial charge in [0, 0.05) is 6.04 Å². The largest absolute Gasteiger partial charge is 0.327 e. The molecule has 0 aromatic heterocycles. The van der Waals surface area contributed by atoms with E-state index in [-0.39, 0.29) is 6.04 Å². The molecule has 0 heterocycles. The van der Waals surface area contributed by atoms with Crippen LogP contribution in [0.15, 0.2) is 18.2 Å². The molecule has 96 valence electrons. The van der Waals surface area contributed by atoms with E-state index in [2.05, 4.69) is 52.8 Å². The molecule has 0 radical (unpaired) electrons. The minimum absolute atomic E-state index is 0.287. The van der Waals surface area contributed by atoms with Crippen molar-refractivity contribution in [2.75, 3.05) is 0 Å². The number of hydrogen-bond acceptors (Lipinski definition) is 1. The Morgan fingerprint density at radius 1 is 1.06 bits per heavy atom. The molecule has 0 fully saturated rings. The normalized spacial score (nSPS) is 13.8. The highest BCUT2D eigenvalue weighted by Crippen LogP contribution is 2.22. The van der Waals surface area contributed by atoms with E-state index in [0.29, 0.717) is 5.41 Å². The van der Waals surface area contributed by atoms with E-state index < -0.39 is 0 Å². The zero-order valence-electron chi connectivity index (χ0n) is 12.0. The first-order chi connectivity index (χ1) is 7.76. The van der Waals surface area contributed by atoms with Crippen molar-refractivity contribution in [2.45, 2.75) is 59.9 Å². The lowest BCUT2D eigenvalue weighted by molar-refractivity contribution is 0.347. The van der Waals surface area contributed by atoms with Crippen molar-refractivity contribution >= 4 is 0 Å². The van der Waals surface area contributed by atoms with E-state index in [1.807, 2.05) is 0 Å². The summed E-state index contributed by atoms with van der Waals surface area (Å²) in [4.78, 5) is 0. The molecule has 1 unspecified atom stereocenters. The van der Waals surface area contributed by atoms with Crippen LogP contribution in [0.25, 0.3) is 0 Å². The number of benzene rings is 1. The number of hydrogen-bond donors (Lipinski definition) is 1. The third-order valence-electron chi connectivity index (χ3n) is 3.04. The van der Waals surface area contributed by atoms with E-state index in [9.17, 15) is 0 Å². The molecule has 1 nitrogen and oxygen atoms in total. The molecule has 1 aromatic rings. The van der Waals surface area contributed by atoms with Gasteiger partial charge in [0.25, 0.3) is 0 Å². The van der Waals surface area contributed by atoms with Crippen molar-refractivity contribution in [3.63, 3.8) is 0 Å². The van der Waals surface area contributed by atoms with Gasteiger partial charge < -0.3 is 5.73 Å². The van der Waals surface area contributed by atoms with Gasteiger partial charge in [-0.05, 0) is 44.1 Å². The van der Waals surface area contributed by atoms with E-state index in [1.165, 1.54) is 23.1 Å². The Labute approximate surface area is 106 Å². The smallest absolute Gasteiger partial charge is 0.00795 e. The summed E-state index contributed by atoms with van der Waals surface area (Å²) in [5.74, 6) is 0. The van der Waals surface area contributed by atoms with Gasteiger partial charge in [-0.15, -0.1) is 0 Å². The van der Waals surface area contributed by atoms with Crippen molar-refractivity contribution in [1.29, 1.82) is 0 Å². The summed E-state index contributed by atoms with van der Waals surface area (Å²) in [6.07, 6.45) is 3.30. The van der Waals surface area contributed by atoms with Crippen LogP contribution in [0.3, 0.4) is 0 Å². The van der Waals surface area contributed by atoms with E-state index in [4.69, 9.17) is 5.73 Å². The minimum Gasteiger partial charge on any atom is -0.327 e. The fourth-order valence-corrected chi connectivity index (χ4v) is 2.21. The fourth-order valence-electron chi connectivity index (χ4n) is 2.21. The molecule has 1 aromatic carbocycles. The highest BCUT2D eigenvalue weighted by atomic mass is 14.6. The molecule has 0 bridgehead atoms. The predicted molar refractivity (Wildman–Crippen MR) is 76.3 cm³/mol. The maximum absolute atomic E-state index is 6.21. The van der Waals surface area contributed by atoms with Crippen molar-refractivity contribution in [3.8, 4) is 0 Å². The molecule has 0 saturated heterocycles. The number of nitrogens with two attached hydrogens (primary N) is 1. The summed E-state index contributed by atoms with van der Waals surface area (Å²) in [6.45, 7) is 11.1. The Morgan fingerprint density at radius 3 is 2.06 bits per heavy atom. The molecule has 0 aliphatic carbocycles. The van der Waals surface area contributed by atoms with Crippen molar-refractivity contribution in [1.82, 2.24) is 0 Å². The van der Waals surface area contributed by atoms with Crippen molar-refractivity contribution < 1.29 is 0 Å². The highest BCUT2D eigenvalue weighted by Gasteiger charge is 2.13. The van der Waals surface area contributed by atoms with Gasteiger partial charge in [0.2, 0.25) is 0 Å². The Hall–Kier alpha value is -0.820. The first-order valence-corrected chi connectivity index (χ1v) is 6.59. The van der Waals surface area contributed by atoms with Gasteiger partial charge in [-0.25, -0.2) is 0 Å². The Kier molecular flexibility index (Phi) is 4.76. The Morgan fingerprint density at radius 2 is 1.59 bits per heavy atom. The molecule has 0 aliphatic rings. The molecule has 1 atom stereocenters. The van der Waals surface area contributed by atoms with E-state index in [1.54, 1.807) is 0 Å². The fraction of sp³-hybridized carbons (Fsp3) is 0.625. The Bertz CT molecular complexity index is 340. The second kappa shape index (κ2) is 5.68. The van der Waals surface area contributed by atoms with Crippen LogP contribution in [0, 0.1) is 19.3 Å². The third-order valence-corrected chi connectivity index (χ3v) is 3.04. The second-order valence-electron chi connectivity index (χ2n) is 6.56. The average Bonchev–Trinajstić information content (AvgIpc) is 2.11. The van der Waals surface area contributed by atoms with Crippen LogP contribution in [0.2, 0.25) is 0 Å². The molecule has 0 amide bonds. The summed E-state index contributed by atoms with van der Waals surface area (Å²) in [7, 11) is 0. The van der Waals surface area contributed by atoms with Gasteiger partial charge >= 0.3 is 0 Å². The van der Waals surface area contributed by atoms with Crippen molar-refractivity contribution in [3.05, 3.63) is 34.9 Å². The number of rotatable bonds is 4. The van der Waals surface area contributed by atoms with Gasteiger partial charge in [-0.1, -0.05) is 50.1 Å². The Balaban J connectivity index is 2.53. The molecule has 17 heavy (non-hydrogen) atoms. The monoisotopic (exact) mass is 233 g/mol. The summed E-state index contributed by atoms with van der Waals surface area (Å²) in [5.41, 5.74) is 10.7. The summed E-state index contributed by atoms with van der Waals surface area (Å²) in [5, 5.41) is 0. The molecule has 1 heteroatoms. The van der Waals surface area contributed by atoms with E-state index >= 15 is 0 Å². The maximum atomic E-state index is 6.21. The molecule has 0 saturated carbocycles. The first-order valence-electron chi connectivity index (χ1n) is 6.59. The zero-order chi connectivity index (χ0) is 13.1. The molecule has 2 N–H and O–H groups in total. The van der Waals surface area contributed by atoms with E-state index in [0.717, 1.165) is 12.8 Å². The second-order valence-corrected chi connectivity index (χ2v) is 6.56. The van der Waals surface area contributed by atoms with Crippen LogP contribution >= 0.6 is 0 Å². The lowest BCUT2D eigenvalue weighted by atomic mass is 9.87. The predicted octanol–water partition coefficient (Wildman–Crippen LogP) is 4.00. The first kappa shape index (κ1) is 14.2. The summed E-state index contributed by atoms with van der Waals surface area (Å²) < 4.78 is 0. The van der Waals surface area contributed by atoms with Gasteiger partial charge in [0.1, 0.15) is 0 Å². The minimum atomic E-state index is 0.287. The van der Waals surface area contributed by atoms with Gasteiger partial charge in [0.05, 0.1) is 0 Å². The van der Waals surface area contributed by atoms with Gasteiger partial charge in [-0.2, -0.15) is 0 Å². The van der Waals surface area contributed by atoms with Gasteiger partial charge in [-0.3, -0.25) is 0 Å². The SMILES string of the molecule is Cc1cc(C)cc(CC(N)CCC(C)(C)C)c1. The summed E-state index contributed by atoms with van der Waals surface area (Å²) in [6, 6.07) is 7.01. The van der Waals surface area contributed by atoms with Gasteiger partial charge in [0.15, 0.2) is 0 Å². The number of aryl methyl sites for hydroxylation is 2. The van der Waals surface area contributed by atoms with Crippen LogP contribution < -0.4 is 5.73 Å². The summed E-state index contributed by atoms with van der Waals surface area (Å²) >= 11 is 0.